The molecule has 0 saturated heterocycles. The molecule has 0 aromatic carbocycles. The van der Waals surface area contributed by atoms with Gasteiger partial charge in [-0.25, -0.2) is 0 Å². The highest BCUT2D eigenvalue weighted by molar-refractivity contribution is 14.0. The van der Waals surface area contributed by atoms with Crippen LogP contribution in [0.4, 0.5) is 0 Å². The third kappa shape index (κ3) is 6.51. The third-order valence-electron chi connectivity index (χ3n) is 3.41. The molecule has 22 heavy (non-hydrogen) atoms. The summed E-state index contributed by atoms with van der Waals surface area (Å²) in [6, 6.07) is 4.29. The van der Waals surface area contributed by atoms with Crippen molar-refractivity contribution in [3.8, 4) is 0 Å². The highest BCUT2D eigenvalue weighted by Crippen LogP contribution is 2.28. The van der Waals surface area contributed by atoms with Crippen LogP contribution in [0.15, 0.2) is 22.5 Å². The maximum atomic E-state index is 11.7. The Labute approximate surface area is 153 Å². The number of aliphatic imine (C=N–C) groups is 1. The Morgan fingerprint density at radius 2 is 2.23 bits per heavy atom. The fourth-order valence-electron chi connectivity index (χ4n) is 1.99. The minimum atomic E-state index is 0. The Morgan fingerprint density at radius 1 is 1.45 bits per heavy atom. The van der Waals surface area contributed by atoms with Crippen molar-refractivity contribution in [3.05, 3.63) is 22.4 Å². The van der Waals surface area contributed by atoms with Crippen LogP contribution in [0.1, 0.15) is 36.4 Å². The van der Waals surface area contributed by atoms with Gasteiger partial charge in [-0.3, -0.25) is 9.79 Å². The van der Waals surface area contributed by atoms with E-state index in [1.165, 1.54) is 17.8 Å². The fraction of sp³-hybridized carbons (Fsp3) is 0.600. The van der Waals surface area contributed by atoms with E-state index < -0.39 is 0 Å². The zero-order chi connectivity index (χ0) is 15.1. The molecule has 5 nitrogen and oxygen atoms in total. The van der Waals surface area contributed by atoms with Crippen LogP contribution in [0.3, 0.4) is 0 Å². The maximum absolute atomic E-state index is 11.7. The number of hydrogen-bond acceptors (Lipinski definition) is 3. The lowest BCUT2D eigenvalue weighted by Crippen LogP contribution is -2.39. The summed E-state index contributed by atoms with van der Waals surface area (Å²) in [6.07, 6.45) is 2.06. The van der Waals surface area contributed by atoms with Gasteiger partial charge in [0.25, 0.3) is 5.91 Å². The smallest absolute Gasteiger partial charge is 0.261 e. The lowest BCUT2D eigenvalue weighted by molar-refractivity contribution is 0.0957. The number of guanidine groups is 1. The summed E-state index contributed by atoms with van der Waals surface area (Å²) in [4.78, 5) is 17.0. The number of nitrogens with zero attached hydrogens (tertiary/aromatic N) is 1. The zero-order valence-corrected chi connectivity index (χ0v) is 16.2. The van der Waals surface area contributed by atoms with Gasteiger partial charge in [0, 0.05) is 25.7 Å². The molecule has 7 heteroatoms. The number of amides is 1. The minimum absolute atomic E-state index is 0. The molecule has 1 heterocycles. The van der Waals surface area contributed by atoms with Crippen LogP contribution in [-0.2, 0) is 0 Å². The Kier molecular flexibility index (Phi) is 8.77. The molecule has 2 rings (SSSR count). The first-order valence-corrected chi connectivity index (χ1v) is 8.45. The van der Waals surface area contributed by atoms with Crippen molar-refractivity contribution in [1.29, 1.82) is 0 Å². The van der Waals surface area contributed by atoms with Crippen LogP contribution >= 0.6 is 35.3 Å². The Morgan fingerprint density at radius 3 is 2.82 bits per heavy atom. The van der Waals surface area contributed by atoms with Gasteiger partial charge in [-0.15, -0.1) is 35.3 Å². The van der Waals surface area contributed by atoms with Crippen molar-refractivity contribution >= 4 is 47.2 Å². The molecular weight excluding hydrogens is 411 g/mol. The van der Waals surface area contributed by atoms with E-state index >= 15 is 0 Å². The monoisotopic (exact) mass is 436 g/mol. The van der Waals surface area contributed by atoms with Crippen molar-refractivity contribution < 1.29 is 4.79 Å². The molecule has 1 aliphatic carbocycles. The molecule has 1 saturated carbocycles. The fourth-order valence-corrected chi connectivity index (χ4v) is 2.63. The van der Waals surface area contributed by atoms with E-state index in [-0.39, 0.29) is 29.9 Å². The standard InChI is InChI=1S/C15H24N4OS.HI/c1-3-16-15(19-12-10-11(12)2)18-8-5-7-17-14(20)13-6-4-9-21-13;/h4,6,9,11-12H,3,5,7-8,10H2,1-2H3,(H,17,20)(H2,16,18,19);1H. The van der Waals surface area contributed by atoms with Crippen molar-refractivity contribution in [3.63, 3.8) is 0 Å². The number of rotatable bonds is 7. The van der Waals surface area contributed by atoms with E-state index in [4.69, 9.17) is 0 Å². The van der Waals surface area contributed by atoms with Gasteiger partial charge < -0.3 is 16.0 Å². The highest BCUT2D eigenvalue weighted by atomic mass is 127. The second-order valence-corrected chi connectivity index (χ2v) is 6.26. The van der Waals surface area contributed by atoms with E-state index in [0.29, 0.717) is 19.1 Å². The van der Waals surface area contributed by atoms with Gasteiger partial charge >= 0.3 is 0 Å². The van der Waals surface area contributed by atoms with Crippen molar-refractivity contribution in [2.75, 3.05) is 19.6 Å². The van der Waals surface area contributed by atoms with Crippen LogP contribution in [0.2, 0.25) is 0 Å². The Hall–Kier alpha value is -0.830. The Bertz CT molecular complexity index is 478. The van der Waals surface area contributed by atoms with Crippen molar-refractivity contribution in [2.45, 2.75) is 32.7 Å². The minimum Gasteiger partial charge on any atom is -0.357 e. The lowest BCUT2D eigenvalue weighted by atomic mass is 10.4. The molecule has 1 aromatic rings. The SMILES string of the molecule is CCNC(=NCCCNC(=O)c1cccs1)NC1CC1C.I. The quantitative estimate of drug-likeness (QED) is 0.266. The summed E-state index contributed by atoms with van der Waals surface area (Å²) in [5.41, 5.74) is 0. The average Bonchev–Trinajstić information content (AvgIpc) is 2.96. The van der Waals surface area contributed by atoms with Crippen LogP contribution in [-0.4, -0.2) is 37.5 Å². The van der Waals surface area contributed by atoms with Crippen LogP contribution in [0.5, 0.6) is 0 Å². The molecular formula is C15H25IN4OS. The number of nitrogens with one attached hydrogen (secondary N) is 3. The summed E-state index contributed by atoms with van der Waals surface area (Å²) in [7, 11) is 0. The maximum Gasteiger partial charge on any atom is 0.261 e. The molecule has 0 spiro atoms. The van der Waals surface area contributed by atoms with Gasteiger partial charge in [-0.1, -0.05) is 13.0 Å². The van der Waals surface area contributed by atoms with Crippen LogP contribution in [0.25, 0.3) is 0 Å². The largest absolute Gasteiger partial charge is 0.357 e. The number of halogens is 1. The van der Waals surface area contributed by atoms with E-state index in [0.717, 1.165) is 29.7 Å². The zero-order valence-electron chi connectivity index (χ0n) is 13.1. The summed E-state index contributed by atoms with van der Waals surface area (Å²) < 4.78 is 0. The molecule has 0 radical (unpaired) electrons. The van der Waals surface area contributed by atoms with Crippen LogP contribution < -0.4 is 16.0 Å². The summed E-state index contributed by atoms with van der Waals surface area (Å²) >= 11 is 1.46. The Balaban J connectivity index is 0.00000242. The number of carbonyl (C=O) groups excluding carboxylic acids is 1. The summed E-state index contributed by atoms with van der Waals surface area (Å²) in [5.74, 6) is 1.64. The van der Waals surface area contributed by atoms with Gasteiger partial charge in [0.1, 0.15) is 0 Å². The first kappa shape index (κ1) is 19.2. The predicted octanol–water partition coefficient (Wildman–Crippen LogP) is 2.45. The first-order valence-electron chi connectivity index (χ1n) is 7.57. The molecule has 0 aliphatic heterocycles. The molecule has 1 aliphatic rings. The van der Waals surface area contributed by atoms with E-state index in [9.17, 15) is 4.79 Å². The predicted molar refractivity (Wildman–Crippen MR) is 103 cm³/mol. The summed E-state index contributed by atoms with van der Waals surface area (Å²) in [5, 5.41) is 11.5. The molecule has 0 bridgehead atoms. The molecule has 1 fully saturated rings. The molecule has 3 N–H and O–H groups in total. The second kappa shape index (κ2) is 10.0. The molecule has 2 unspecified atom stereocenters. The highest BCUT2D eigenvalue weighted by Gasteiger charge is 2.33. The van der Waals surface area contributed by atoms with Crippen molar-refractivity contribution in [1.82, 2.24) is 16.0 Å². The molecule has 2 atom stereocenters. The van der Waals surface area contributed by atoms with E-state index in [1.807, 2.05) is 17.5 Å². The van der Waals surface area contributed by atoms with E-state index in [2.05, 4.69) is 34.8 Å². The number of hydrogen-bond donors (Lipinski definition) is 3. The first-order chi connectivity index (χ1) is 10.2. The van der Waals surface area contributed by atoms with Gasteiger partial charge in [0.15, 0.2) is 5.96 Å². The molecule has 124 valence electrons. The number of thiophene rings is 1. The van der Waals surface area contributed by atoms with E-state index in [1.54, 1.807) is 0 Å². The number of carbonyl (C=O) groups is 1. The third-order valence-corrected chi connectivity index (χ3v) is 4.28. The molecule has 1 aromatic heterocycles. The average molecular weight is 436 g/mol. The molecule has 1 amide bonds. The topological polar surface area (TPSA) is 65.5 Å². The normalized spacial score (nSPS) is 20.0. The van der Waals surface area contributed by atoms with Gasteiger partial charge in [0.2, 0.25) is 0 Å². The van der Waals surface area contributed by atoms with Crippen molar-refractivity contribution in [2.24, 2.45) is 10.9 Å². The van der Waals surface area contributed by atoms with Gasteiger partial charge in [-0.2, -0.15) is 0 Å². The lowest BCUT2D eigenvalue weighted by Gasteiger charge is -2.10. The summed E-state index contributed by atoms with van der Waals surface area (Å²) in [6.45, 7) is 6.53. The van der Waals surface area contributed by atoms with Gasteiger partial charge in [-0.05, 0) is 37.1 Å². The van der Waals surface area contributed by atoms with Crippen LogP contribution in [0, 0.1) is 5.92 Å². The second-order valence-electron chi connectivity index (χ2n) is 5.31. The van der Waals surface area contributed by atoms with Gasteiger partial charge in [0.05, 0.1) is 4.88 Å².